The van der Waals surface area contributed by atoms with Crippen LogP contribution in [0.25, 0.3) is 0 Å². The second kappa shape index (κ2) is 5.25. The van der Waals surface area contributed by atoms with Crippen molar-refractivity contribution in [1.82, 2.24) is 15.2 Å². The van der Waals surface area contributed by atoms with Gasteiger partial charge in [-0.15, -0.1) is 0 Å². The zero-order chi connectivity index (χ0) is 14.0. The molecule has 104 valence electrons. The predicted molar refractivity (Wildman–Crippen MR) is 76.6 cm³/mol. The molecule has 2 N–H and O–H groups in total. The number of nitrogens with zero attached hydrogens (tertiary/aromatic N) is 2. The Morgan fingerprint density at radius 2 is 1.95 bits per heavy atom. The summed E-state index contributed by atoms with van der Waals surface area (Å²) in [6, 6.07) is 7.54. The third-order valence-electron chi connectivity index (χ3n) is 3.94. The summed E-state index contributed by atoms with van der Waals surface area (Å²) in [4.78, 5) is 16.6. The Balaban J connectivity index is 1.91. The average Bonchev–Trinajstić information content (AvgIpc) is 3.10. The highest BCUT2D eigenvalue weighted by molar-refractivity contribution is 6.30. The first kappa shape index (κ1) is 13.1. The molecule has 0 aliphatic heterocycles. The quantitative estimate of drug-likeness (QED) is 0.913. The molecule has 0 unspecified atom stereocenters. The van der Waals surface area contributed by atoms with Crippen molar-refractivity contribution >= 4 is 23.5 Å². The number of rotatable bonds is 3. The van der Waals surface area contributed by atoms with E-state index in [9.17, 15) is 4.79 Å². The van der Waals surface area contributed by atoms with Crippen molar-refractivity contribution < 1.29 is 4.79 Å². The third kappa shape index (κ3) is 2.29. The van der Waals surface area contributed by atoms with Gasteiger partial charge in [-0.3, -0.25) is 10.1 Å². The van der Waals surface area contributed by atoms with Crippen molar-refractivity contribution in [3.05, 3.63) is 41.2 Å². The van der Waals surface area contributed by atoms with Gasteiger partial charge >= 0.3 is 0 Å². The van der Waals surface area contributed by atoms with E-state index >= 15 is 0 Å². The highest BCUT2D eigenvalue weighted by Crippen LogP contribution is 2.42. The lowest BCUT2D eigenvalue weighted by Crippen LogP contribution is -2.38. The number of aromatic amines is 1. The normalized spacial score (nSPS) is 17.1. The fourth-order valence-corrected chi connectivity index (χ4v) is 3.01. The van der Waals surface area contributed by atoms with Crippen molar-refractivity contribution in [2.45, 2.75) is 31.1 Å². The molecule has 1 fully saturated rings. The highest BCUT2D eigenvalue weighted by Gasteiger charge is 2.42. The summed E-state index contributed by atoms with van der Waals surface area (Å²) in [5.74, 6) is 0.351. The number of benzene rings is 1. The van der Waals surface area contributed by atoms with E-state index in [2.05, 4.69) is 20.5 Å². The van der Waals surface area contributed by atoms with Gasteiger partial charge in [-0.1, -0.05) is 36.6 Å². The van der Waals surface area contributed by atoms with Gasteiger partial charge in [0.15, 0.2) is 0 Å². The molecular weight excluding hydrogens is 276 g/mol. The number of amides is 1. The minimum atomic E-state index is -0.489. The number of aromatic nitrogens is 3. The number of carbonyl (C=O) groups is 1. The van der Waals surface area contributed by atoms with Gasteiger partial charge < -0.3 is 0 Å². The second-order valence-electron chi connectivity index (χ2n) is 5.08. The predicted octanol–water partition coefficient (Wildman–Crippen LogP) is 2.91. The molecule has 6 heteroatoms. The van der Waals surface area contributed by atoms with Gasteiger partial charge in [0.05, 0.1) is 5.41 Å². The molecule has 20 heavy (non-hydrogen) atoms. The van der Waals surface area contributed by atoms with Crippen molar-refractivity contribution in [3.63, 3.8) is 0 Å². The lowest BCUT2D eigenvalue weighted by molar-refractivity contribution is -0.121. The molecule has 0 radical (unpaired) electrons. The molecule has 1 aromatic heterocycles. The Hall–Kier alpha value is -1.88. The van der Waals surface area contributed by atoms with Crippen LogP contribution >= 0.6 is 11.6 Å². The molecule has 5 nitrogen and oxygen atoms in total. The van der Waals surface area contributed by atoms with Crippen LogP contribution in [0.15, 0.2) is 30.6 Å². The van der Waals surface area contributed by atoms with Crippen LogP contribution in [0.3, 0.4) is 0 Å². The molecule has 0 saturated heterocycles. The van der Waals surface area contributed by atoms with Crippen LogP contribution in [0.4, 0.5) is 5.95 Å². The van der Waals surface area contributed by atoms with Crippen molar-refractivity contribution in [2.75, 3.05) is 5.32 Å². The smallest absolute Gasteiger partial charge is 0.237 e. The van der Waals surface area contributed by atoms with Gasteiger partial charge in [-0.25, -0.2) is 5.10 Å². The van der Waals surface area contributed by atoms with Gasteiger partial charge in [-0.2, -0.15) is 10.1 Å². The number of carbonyl (C=O) groups excluding carboxylic acids is 1. The van der Waals surface area contributed by atoms with Crippen LogP contribution in [0.2, 0.25) is 5.02 Å². The molecule has 0 spiro atoms. The Kier molecular flexibility index (Phi) is 3.44. The number of hydrogen-bond donors (Lipinski definition) is 2. The van der Waals surface area contributed by atoms with Crippen LogP contribution in [-0.2, 0) is 10.2 Å². The maximum absolute atomic E-state index is 12.7. The molecule has 0 atom stereocenters. The van der Waals surface area contributed by atoms with E-state index in [0.717, 1.165) is 31.2 Å². The monoisotopic (exact) mass is 290 g/mol. The number of halogens is 1. The summed E-state index contributed by atoms with van der Waals surface area (Å²) in [5.41, 5.74) is 0.522. The van der Waals surface area contributed by atoms with Crippen LogP contribution in [0.1, 0.15) is 31.2 Å². The molecule has 1 aliphatic rings. The van der Waals surface area contributed by atoms with E-state index < -0.39 is 5.41 Å². The van der Waals surface area contributed by atoms with Crippen molar-refractivity contribution in [2.24, 2.45) is 0 Å². The van der Waals surface area contributed by atoms with E-state index in [0.29, 0.717) is 11.0 Å². The van der Waals surface area contributed by atoms with E-state index in [1.807, 2.05) is 24.3 Å². The van der Waals surface area contributed by atoms with Crippen molar-refractivity contribution in [1.29, 1.82) is 0 Å². The van der Waals surface area contributed by atoms with E-state index in [1.165, 1.54) is 6.33 Å². The van der Waals surface area contributed by atoms with Crippen LogP contribution in [0, 0.1) is 0 Å². The zero-order valence-corrected chi connectivity index (χ0v) is 11.7. The van der Waals surface area contributed by atoms with Crippen LogP contribution < -0.4 is 5.32 Å². The van der Waals surface area contributed by atoms with E-state index in [-0.39, 0.29) is 5.91 Å². The van der Waals surface area contributed by atoms with Gasteiger partial charge in [0.1, 0.15) is 6.33 Å². The molecule has 1 amide bonds. The molecule has 1 saturated carbocycles. The fourth-order valence-electron chi connectivity index (χ4n) is 2.89. The Morgan fingerprint density at radius 1 is 1.25 bits per heavy atom. The topological polar surface area (TPSA) is 70.7 Å². The fraction of sp³-hybridized carbons (Fsp3) is 0.357. The lowest BCUT2D eigenvalue weighted by atomic mass is 9.78. The molecule has 3 rings (SSSR count). The first-order valence-corrected chi connectivity index (χ1v) is 7.01. The molecule has 0 bridgehead atoms. The Bertz CT molecular complexity index is 588. The minimum absolute atomic E-state index is 0.0333. The van der Waals surface area contributed by atoms with Gasteiger partial charge in [0.2, 0.25) is 11.9 Å². The number of anilines is 1. The Morgan fingerprint density at radius 3 is 2.55 bits per heavy atom. The molecular formula is C14H15ClN4O. The summed E-state index contributed by atoms with van der Waals surface area (Å²) >= 11 is 5.93. The summed E-state index contributed by atoms with van der Waals surface area (Å²) in [7, 11) is 0. The molecule has 2 aromatic rings. The second-order valence-corrected chi connectivity index (χ2v) is 5.52. The first-order valence-electron chi connectivity index (χ1n) is 6.64. The minimum Gasteiger partial charge on any atom is -0.294 e. The molecule has 1 heterocycles. The zero-order valence-electron chi connectivity index (χ0n) is 10.9. The molecule has 1 aromatic carbocycles. The lowest BCUT2D eigenvalue weighted by Gasteiger charge is -2.27. The van der Waals surface area contributed by atoms with Gasteiger partial charge in [-0.05, 0) is 30.5 Å². The third-order valence-corrected chi connectivity index (χ3v) is 4.19. The molecule has 1 aliphatic carbocycles. The highest BCUT2D eigenvalue weighted by atomic mass is 35.5. The van der Waals surface area contributed by atoms with E-state index in [4.69, 9.17) is 11.6 Å². The van der Waals surface area contributed by atoms with Crippen molar-refractivity contribution in [3.8, 4) is 0 Å². The van der Waals surface area contributed by atoms with E-state index in [1.54, 1.807) is 0 Å². The summed E-state index contributed by atoms with van der Waals surface area (Å²) in [6.07, 6.45) is 5.15. The summed E-state index contributed by atoms with van der Waals surface area (Å²) in [6.45, 7) is 0. The SMILES string of the molecule is O=C(Nc1ncn[nH]1)C1(c2ccc(Cl)cc2)CCCC1. The number of nitrogens with one attached hydrogen (secondary N) is 2. The standard InChI is InChI=1S/C14H15ClN4O/c15-11-5-3-10(4-6-11)14(7-1-2-8-14)12(20)18-13-16-9-17-19-13/h3-6,9H,1-2,7-8H2,(H2,16,17,18,19,20). The number of H-pyrrole nitrogens is 1. The summed E-state index contributed by atoms with van der Waals surface area (Å²) < 4.78 is 0. The maximum atomic E-state index is 12.7. The van der Waals surface area contributed by atoms with Gasteiger partial charge in [0, 0.05) is 5.02 Å². The summed E-state index contributed by atoms with van der Waals surface area (Å²) in [5, 5.41) is 9.89. The number of hydrogen-bond acceptors (Lipinski definition) is 3. The van der Waals surface area contributed by atoms with Crippen LogP contribution in [-0.4, -0.2) is 21.1 Å². The van der Waals surface area contributed by atoms with Crippen LogP contribution in [0.5, 0.6) is 0 Å². The Labute approximate surface area is 121 Å². The largest absolute Gasteiger partial charge is 0.294 e. The van der Waals surface area contributed by atoms with Gasteiger partial charge in [0.25, 0.3) is 0 Å². The average molecular weight is 291 g/mol. The first-order chi connectivity index (χ1) is 9.71. The maximum Gasteiger partial charge on any atom is 0.237 e.